The molecule has 1 aromatic carbocycles. The Labute approximate surface area is 205 Å². The lowest BCUT2D eigenvalue weighted by Gasteiger charge is -2.36. The fraction of sp³-hybridized carbons (Fsp3) is 0.520. The molecule has 2 aromatic rings. The molecular weight excluding hydrogens is 472 g/mol. The van der Waals surface area contributed by atoms with Gasteiger partial charge in [0.2, 0.25) is 10.0 Å². The van der Waals surface area contributed by atoms with E-state index in [9.17, 15) is 18.0 Å². The maximum absolute atomic E-state index is 13.4. The Balaban J connectivity index is 1.65. The van der Waals surface area contributed by atoms with Gasteiger partial charge in [-0.1, -0.05) is 13.8 Å². The van der Waals surface area contributed by atoms with Gasteiger partial charge in [-0.3, -0.25) is 14.3 Å². The van der Waals surface area contributed by atoms with Gasteiger partial charge in [0, 0.05) is 18.6 Å². The zero-order chi connectivity index (χ0) is 25.4. The number of anilines is 2. The van der Waals surface area contributed by atoms with E-state index >= 15 is 0 Å². The van der Waals surface area contributed by atoms with Crippen LogP contribution in [0.5, 0.6) is 11.5 Å². The summed E-state index contributed by atoms with van der Waals surface area (Å²) >= 11 is 0. The predicted molar refractivity (Wildman–Crippen MR) is 131 cm³/mol. The lowest BCUT2D eigenvalue weighted by Crippen LogP contribution is -2.43. The third kappa shape index (κ3) is 4.51. The second-order valence-corrected chi connectivity index (χ2v) is 11.4. The molecule has 1 amide bonds. The maximum Gasteiger partial charge on any atom is 0.291 e. The minimum Gasteiger partial charge on any atom is -0.492 e. The fourth-order valence-corrected chi connectivity index (χ4v) is 7.41. The van der Waals surface area contributed by atoms with Crippen LogP contribution in [0.15, 0.2) is 34.9 Å². The second kappa shape index (κ2) is 9.22. The van der Waals surface area contributed by atoms with E-state index in [1.807, 2.05) is 13.8 Å². The molecule has 2 aliphatic rings. The number of carbonyl (C=O) groups excluding carboxylic acids is 2. The van der Waals surface area contributed by atoms with Gasteiger partial charge in [-0.05, 0) is 50.2 Å². The second-order valence-electron chi connectivity index (χ2n) is 9.67. The molecule has 2 N–H and O–H groups in total. The number of Topliss-reactive ketones (excluding diaryl/α,β-unsaturated/α-hetero) is 1. The van der Waals surface area contributed by atoms with Gasteiger partial charge in [-0.25, -0.2) is 8.42 Å². The first-order chi connectivity index (χ1) is 16.5. The van der Waals surface area contributed by atoms with Gasteiger partial charge in [0.05, 0.1) is 42.0 Å². The number of benzene rings is 1. The number of nitrogens with one attached hydrogen (secondary N) is 2. The van der Waals surface area contributed by atoms with Crippen molar-refractivity contribution < 1.29 is 31.9 Å². The molecule has 0 aliphatic heterocycles. The van der Waals surface area contributed by atoms with Crippen LogP contribution in [0.2, 0.25) is 0 Å². The van der Waals surface area contributed by atoms with Gasteiger partial charge in [0.15, 0.2) is 5.76 Å². The summed E-state index contributed by atoms with van der Waals surface area (Å²) in [6.45, 7) is 8.11. The molecule has 10 heteroatoms. The van der Waals surface area contributed by atoms with Crippen molar-refractivity contribution in [2.75, 3.05) is 29.0 Å². The van der Waals surface area contributed by atoms with E-state index in [0.29, 0.717) is 18.5 Å². The average Bonchev–Trinajstić information content (AvgIpc) is 3.44. The highest BCUT2D eigenvalue weighted by Crippen LogP contribution is 2.64. The van der Waals surface area contributed by atoms with Gasteiger partial charge in [0.1, 0.15) is 17.3 Å². The Morgan fingerprint density at radius 2 is 1.80 bits per heavy atom. The van der Waals surface area contributed by atoms with Crippen LogP contribution in [0.25, 0.3) is 0 Å². The first kappa shape index (κ1) is 25.1. The number of hydrogen-bond acceptors (Lipinski definition) is 7. The number of hydrogen-bond donors (Lipinski definition) is 2. The van der Waals surface area contributed by atoms with E-state index in [4.69, 9.17) is 13.9 Å². The largest absolute Gasteiger partial charge is 0.492 e. The number of fused-ring (bicyclic) bond motifs is 2. The molecule has 2 fully saturated rings. The Bertz CT molecular complexity index is 1220. The summed E-state index contributed by atoms with van der Waals surface area (Å²) in [5.41, 5.74) is -0.781. The van der Waals surface area contributed by atoms with Gasteiger partial charge in [0.25, 0.3) is 5.91 Å². The highest BCUT2D eigenvalue weighted by molar-refractivity contribution is 7.92. The highest BCUT2D eigenvalue weighted by atomic mass is 32.2. The minimum absolute atomic E-state index is 0.0279. The van der Waals surface area contributed by atoms with E-state index in [1.54, 1.807) is 19.9 Å². The number of ketones is 1. The van der Waals surface area contributed by atoms with Crippen LogP contribution in [0.4, 0.5) is 11.4 Å². The average molecular weight is 505 g/mol. The Hall–Kier alpha value is -3.01. The smallest absolute Gasteiger partial charge is 0.291 e. The molecule has 1 heterocycles. The number of sulfonamides is 1. The maximum atomic E-state index is 13.4. The topological polar surface area (TPSA) is 124 Å². The van der Waals surface area contributed by atoms with Crippen LogP contribution >= 0.6 is 0 Å². The van der Waals surface area contributed by atoms with E-state index in [1.165, 1.54) is 24.5 Å². The van der Waals surface area contributed by atoms with Crippen molar-refractivity contribution in [3.05, 3.63) is 36.3 Å². The summed E-state index contributed by atoms with van der Waals surface area (Å²) in [5, 5.41) is 2.72. The van der Waals surface area contributed by atoms with E-state index in [-0.39, 0.29) is 59.0 Å². The number of ether oxygens (including phenoxy) is 2. The first-order valence-electron chi connectivity index (χ1n) is 11.8. The molecule has 0 radical (unpaired) electrons. The molecule has 190 valence electrons. The molecule has 2 aliphatic carbocycles. The number of amides is 1. The van der Waals surface area contributed by atoms with Gasteiger partial charge < -0.3 is 19.2 Å². The van der Waals surface area contributed by atoms with Crippen molar-refractivity contribution in [3.63, 3.8) is 0 Å². The number of furan rings is 1. The molecule has 0 unspecified atom stereocenters. The van der Waals surface area contributed by atoms with Crippen LogP contribution in [0.1, 0.15) is 57.5 Å². The third-order valence-electron chi connectivity index (χ3n) is 7.52. The Kier molecular flexibility index (Phi) is 6.61. The van der Waals surface area contributed by atoms with Crippen molar-refractivity contribution in [2.45, 2.75) is 47.0 Å². The summed E-state index contributed by atoms with van der Waals surface area (Å²) in [6, 6.07) is 6.13. The molecule has 35 heavy (non-hydrogen) atoms. The van der Waals surface area contributed by atoms with Crippen molar-refractivity contribution >= 4 is 33.1 Å². The van der Waals surface area contributed by atoms with Gasteiger partial charge >= 0.3 is 0 Å². The van der Waals surface area contributed by atoms with Crippen molar-refractivity contribution in [1.82, 2.24) is 0 Å². The van der Waals surface area contributed by atoms with Crippen LogP contribution < -0.4 is 19.5 Å². The molecule has 2 atom stereocenters. The van der Waals surface area contributed by atoms with E-state index in [0.717, 1.165) is 6.42 Å². The zero-order valence-electron chi connectivity index (χ0n) is 20.5. The monoisotopic (exact) mass is 504 g/mol. The lowest BCUT2D eigenvalue weighted by molar-refractivity contribution is -0.128. The summed E-state index contributed by atoms with van der Waals surface area (Å²) < 4.78 is 45.9. The number of carbonyl (C=O) groups is 2. The first-order valence-corrected chi connectivity index (χ1v) is 13.5. The lowest BCUT2D eigenvalue weighted by atomic mass is 9.70. The highest BCUT2D eigenvalue weighted by Gasteiger charge is 2.65. The molecule has 2 saturated carbocycles. The Morgan fingerprint density at radius 3 is 2.34 bits per heavy atom. The fourth-order valence-electron chi connectivity index (χ4n) is 5.52. The molecule has 2 bridgehead atoms. The predicted octanol–water partition coefficient (Wildman–Crippen LogP) is 4.47. The van der Waals surface area contributed by atoms with Crippen LogP contribution in [-0.2, 0) is 14.8 Å². The summed E-state index contributed by atoms with van der Waals surface area (Å²) in [7, 11) is -3.92. The SMILES string of the molecule is CCOc1cc(NS(=O)(=O)C[C@]23CC[C@@H](CC2=O)C3(C)C)c(OCC)cc1NC(=O)c1ccco1. The standard InChI is InChI=1S/C25H32N2O7S/c1-5-32-20-14-18(21(33-6-2)13-17(20)26-23(29)19-8-7-11-34-19)27-35(30,31)15-25-10-9-16(12-22(25)28)24(25,3)4/h7-8,11,13-14,16,27H,5-6,9-10,12,15H2,1-4H3,(H,26,29)/t16-,25+/m0/s1. The van der Waals surface area contributed by atoms with Crippen LogP contribution in [-0.4, -0.2) is 39.1 Å². The van der Waals surface area contributed by atoms with E-state index in [2.05, 4.69) is 10.0 Å². The number of rotatable bonds is 10. The van der Waals surface area contributed by atoms with Gasteiger partial charge in [-0.15, -0.1) is 0 Å². The summed E-state index contributed by atoms with van der Waals surface area (Å²) in [6.07, 6.45) is 3.26. The van der Waals surface area contributed by atoms with Crippen LogP contribution in [0.3, 0.4) is 0 Å². The Morgan fingerprint density at radius 1 is 1.14 bits per heavy atom. The zero-order valence-corrected chi connectivity index (χ0v) is 21.3. The molecule has 9 nitrogen and oxygen atoms in total. The van der Waals surface area contributed by atoms with E-state index < -0.39 is 21.3 Å². The molecule has 4 rings (SSSR count). The molecule has 1 aromatic heterocycles. The van der Waals surface area contributed by atoms with Gasteiger partial charge in [-0.2, -0.15) is 0 Å². The molecule has 0 saturated heterocycles. The van der Waals surface area contributed by atoms with Crippen molar-refractivity contribution in [2.24, 2.45) is 16.7 Å². The normalized spacial score (nSPS) is 22.7. The van der Waals surface area contributed by atoms with Crippen molar-refractivity contribution in [3.8, 4) is 11.5 Å². The van der Waals surface area contributed by atoms with Crippen molar-refractivity contribution in [1.29, 1.82) is 0 Å². The third-order valence-corrected chi connectivity index (χ3v) is 8.92. The summed E-state index contributed by atoms with van der Waals surface area (Å²) in [4.78, 5) is 25.4. The molecule has 0 spiro atoms. The minimum atomic E-state index is -3.92. The summed E-state index contributed by atoms with van der Waals surface area (Å²) in [5.74, 6) is 0.0928. The molecular formula is C25H32N2O7S. The van der Waals surface area contributed by atoms with Crippen LogP contribution in [0, 0.1) is 16.7 Å². The quantitative estimate of drug-likeness (QED) is 0.489.